The molecule has 2 aromatic carbocycles. The van der Waals surface area contributed by atoms with E-state index in [1.54, 1.807) is 10.4 Å². The summed E-state index contributed by atoms with van der Waals surface area (Å²) in [4.78, 5) is 2.52. The minimum absolute atomic E-state index is 0.396. The first-order chi connectivity index (χ1) is 12.7. The van der Waals surface area contributed by atoms with E-state index in [4.69, 9.17) is 0 Å². The largest absolute Gasteiger partial charge is 0.384 e. The van der Waals surface area contributed by atoms with Gasteiger partial charge in [-0.05, 0) is 43.5 Å². The Morgan fingerprint density at radius 2 is 1.63 bits per heavy atom. The number of β-amino-alcohol motifs (C(OH)–C–C–N with tert-alkyl or cyclic N) is 1. The van der Waals surface area contributed by atoms with E-state index < -0.39 is 15.6 Å². The predicted octanol–water partition coefficient (Wildman–Crippen LogP) is 2.52. The molecule has 1 fully saturated rings. The number of hydrogen-bond acceptors (Lipinski definition) is 4. The molecular formula is C21H28N2O3S. The van der Waals surface area contributed by atoms with Crippen LogP contribution in [0.2, 0.25) is 0 Å². The van der Waals surface area contributed by atoms with Crippen molar-refractivity contribution >= 4 is 10.0 Å². The highest BCUT2D eigenvalue weighted by molar-refractivity contribution is 7.89. The van der Waals surface area contributed by atoms with Gasteiger partial charge in [0.1, 0.15) is 0 Å². The highest BCUT2D eigenvalue weighted by Crippen LogP contribution is 2.25. The highest BCUT2D eigenvalue weighted by atomic mass is 32.2. The first-order valence-electron chi connectivity index (χ1n) is 9.28. The molecule has 1 heterocycles. The molecule has 0 radical (unpaired) electrons. The topological polar surface area (TPSA) is 60.9 Å². The van der Waals surface area contributed by atoms with Crippen LogP contribution in [0, 0.1) is 13.8 Å². The van der Waals surface area contributed by atoms with Crippen molar-refractivity contribution in [3.05, 3.63) is 65.2 Å². The number of aryl methyl sites for hydroxylation is 2. The third-order valence-corrected chi connectivity index (χ3v) is 7.26. The molecular weight excluding hydrogens is 360 g/mol. The zero-order valence-electron chi connectivity index (χ0n) is 16.2. The van der Waals surface area contributed by atoms with Crippen molar-refractivity contribution in [1.29, 1.82) is 0 Å². The van der Waals surface area contributed by atoms with Crippen molar-refractivity contribution in [1.82, 2.24) is 9.21 Å². The maximum absolute atomic E-state index is 13.0. The fraction of sp³-hybridized carbons (Fsp3) is 0.429. The molecule has 1 N–H and O–H groups in total. The van der Waals surface area contributed by atoms with Crippen molar-refractivity contribution in [2.45, 2.75) is 31.3 Å². The minimum Gasteiger partial charge on any atom is -0.384 e. The van der Waals surface area contributed by atoms with Crippen molar-refractivity contribution < 1.29 is 13.5 Å². The van der Waals surface area contributed by atoms with Gasteiger partial charge in [-0.25, -0.2) is 8.42 Å². The van der Waals surface area contributed by atoms with Crippen LogP contribution in [0.1, 0.15) is 23.6 Å². The summed E-state index contributed by atoms with van der Waals surface area (Å²) in [6.45, 7) is 8.10. The molecule has 2 aromatic rings. The van der Waals surface area contributed by atoms with E-state index in [2.05, 4.69) is 4.90 Å². The van der Waals surface area contributed by atoms with Crippen LogP contribution in [0.4, 0.5) is 0 Å². The van der Waals surface area contributed by atoms with Gasteiger partial charge in [-0.15, -0.1) is 0 Å². The summed E-state index contributed by atoms with van der Waals surface area (Å²) in [7, 11) is -3.49. The van der Waals surface area contributed by atoms with Gasteiger partial charge in [-0.1, -0.05) is 42.5 Å². The van der Waals surface area contributed by atoms with Gasteiger partial charge >= 0.3 is 0 Å². The average molecular weight is 389 g/mol. The average Bonchev–Trinajstić information content (AvgIpc) is 2.64. The minimum atomic E-state index is -3.49. The number of benzene rings is 2. The molecule has 146 valence electrons. The summed E-state index contributed by atoms with van der Waals surface area (Å²) in [5, 5.41) is 10.8. The van der Waals surface area contributed by atoms with Gasteiger partial charge < -0.3 is 5.11 Å². The van der Waals surface area contributed by atoms with Gasteiger partial charge in [0, 0.05) is 32.7 Å². The van der Waals surface area contributed by atoms with Gasteiger partial charge in [0.15, 0.2) is 0 Å². The van der Waals surface area contributed by atoms with E-state index in [1.165, 1.54) is 0 Å². The normalized spacial score (nSPS) is 19.0. The van der Waals surface area contributed by atoms with E-state index in [9.17, 15) is 13.5 Å². The standard InChI is InChI=1S/C21H28N2O3S/c1-17-9-10-18(2)20(15-17)27(25,26)23-13-11-22(12-14-23)16-21(3,24)19-7-5-4-6-8-19/h4-10,15,24H,11-14,16H2,1-3H3/t21-/m1/s1. The van der Waals surface area contributed by atoms with Crippen LogP contribution in [0.25, 0.3) is 0 Å². The first-order valence-corrected chi connectivity index (χ1v) is 10.7. The number of nitrogens with zero attached hydrogens (tertiary/aromatic N) is 2. The van der Waals surface area contributed by atoms with Crippen molar-refractivity contribution in [2.75, 3.05) is 32.7 Å². The third kappa shape index (κ3) is 4.41. The number of hydrogen-bond donors (Lipinski definition) is 1. The molecule has 0 aliphatic carbocycles. The van der Waals surface area contributed by atoms with E-state index in [1.807, 2.05) is 63.2 Å². The molecule has 27 heavy (non-hydrogen) atoms. The summed E-state index contributed by atoms with van der Waals surface area (Å²) in [5.41, 5.74) is 1.62. The highest BCUT2D eigenvalue weighted by Gasteiger charge is 2.32. The van der Waals surface area contributed by atoms with Gasteiger partial charge in [-0.2, -0.15) is 4.31 Å². The van der Waals surface area contributed by atoms with E-state index in [0.717, 1.165) is 16.7 Å². The Balaban J connectivity index is 1.67. The Morgan fingerprint density at radius 1 is 1.00 bits per heavy atom. The number of piperazine rings is 1. The predicted molar refractivity (Wildman–Crippen MR) is 107 cm³/mol. The number of rotatable bonds is 5. The smallest absolute Gasteiger partial charge is 0.243 e. The van der Waals surface area contributed by atoms with Gasteiger partial charge in [-0.3, -0.25) is 4.90 Å². The fourth-order valence-corrected chi connectivity index (χ4v) is 5.31. The summed E-state index contributed by atoms with van der Waals surface area (Å²) >= 11 is 0. The lowest BCUT2D eigenvalue weighted by Crippen LogP contribution is -2.51. The van der Waals surface area contributed by atoms with E-state index in [0.29, 0.717) is 37.6 Å². The van der Waals surface area contributed by atoms with Crippen molar-refractivity contribution in [3.63, 3.8) is 0 Å². The molecule has 6 heteroatoms. The Kier molecular flexibility index (Phi) is 5.72. The Hall–Kier alpha value is -1.73. The van der Waals surface area contributed by atoms with Crippen LogP contribution < -0.4 is 0 Å². The van der Waals surface area contributed by atoms with Crippen LogP contribution >= 0.6 is 0 Å². The summed E-state index contributed by atoms with van der Waals surface area (Å²) in [6, 6.07) is 15.1. The lowest BCUT2D eigenvalue weighted by Gasteiger charge is -2.38. The first kappa shape index (κ1) is 20.0. The van der Waals surface area contributed by atoms with Crippen molar-refractivity contribution in [2.24, 2.45) is 0 Å². The van der Waals surface area contributed by atoms with Gasteiger partial charge in [0.25, 0.3) is 0 Å². The van der Waals surface area contributed by atoms with Crippen LogP contribution in [0.3, 0.4) is 0 Å². The van der Waals surface area contributed by atoms with Crippen LogP contribution in [0.15, 0.2) is 53.4 Å². The molecule has 0 amide bonds. The molecule has 0 spiro atoms. The molecule has 1 aliphatic heterocycles. The summed E-state index contributed by atoms with van der Waals surface area (Å²) in [6.07, 6.45) is 0. The summed E-state index contributed by atoms with van der Waals surface area (Å²) < 4.78 is 27.6. The molecule has 1 saturated heterocycles. The molecule has 1 atom stereocenters. The van der Waals surface area contributed by atoms with Crippen LogP contribution in [-0.2, 0) is 15.6 Å². The second-order valence-electron chi connectivity index (χ2n) is 7.59. The monoisotopic (exact) mass is 388 g/mol. The zero-order chi connectivity index (χ0) is 19.7. The van der Waals surface area contributed by atoms with Crippen LogP contribution in [-0.4, -0.2) is 55.5 Å². The maximum atomic E-state index is 13.0. The second kappa shape index (κ2) is 7.72. The lowest BCUT2D eigenvalue weighted by atomic mass is 9.95. The quantitative estimate of drug-likeness (QED) is 0.855. The van der Waals surface area contributed by atoms with E-state index >= 15 is 0 Å². The molecule has 5 nitrogen and oxygen atoms in total. The molecule has 1 aliphatic rings. The summed E-state index contributed by atoms with van der Waals surface area (Å²) in [5.74, 6) is 0. The van der Waals surface area contributed by atoms with Crippen LogP contribution in [0.5, 0.6) is 0 Å². The third-order valence-electron chi connectivity index (χ3n) is 5.22. The fourth-order valence-electron chi connectivity index (χ4n) is 3.58. The van der Waals surface area contributed by atoms with Gasteiger partial charge in [0.2, 0.25) is 10.0 Å². The maximum Gasteiger partial charge on any atom is 0.243 e. The Bertz CT molecular complexity index is 887. The molecule has 0 saturated carbocycles. The zero-order valence-corrected chi connectivity index (χ0v) is 17.0. The molecule has 3 rings (SSSR count). The molecule has 0 aromatic heterocycles. The lowest BCUT2D eigenvalue weighted by molar-refractivity contribution is 0.00736. The molecule has 0 unspecified atom stereocenters. The van der Waals surface area contributed by atoms with Crippen molar-refractivity contribution in [3.8, 4) is 0 Å². The Morgan fingerprint density at radius 3 is 2.26 bits per heavy atom. The van der Waals surface area contributed by atoms with E-state index in [-0.39, 0.29) is 0 Å². The molecule has 0 bridgehead atoms. The SMILES string of the molecule is Cc1ccc(C)c(S(=O)(=O)N2CCN(C[C@@](C)(O)c3ccccc3)CC2)c1. The Labute approximate surface area is 162 Å². The number of aliphatic hydroxyl groups is 1. The second-order valence-corrected chi connectivity index (χ2v) is 9.50. The number of sulfonamides is 1. The van der Waals surface area contributed by atoms with Gasteiger partial charge in [0.05, 0.1) is 10.5 Å².